The Morgan fingerprint density at radius 1 is 1.00 bits per heavy atom. The van der Waals surface area contributed by atoms with Gasteiger partial charge in [-0.2, -0.15) is 13.2 Å². The van der Waals surface area contributed by atoms with Crippen molar-refractivity contribution in [3.8, 4) is 5.75 Å². The highest BCUT2D eigenvalue weighted by atomic mass is 79.9. The van der Waals surface area contributed by atoms with Crippen molar-refractivity contribution in [1.29, 1.82) is 0 Å². The monoisotopic (exact) mass is 348 g/mol. The second-order valence-electron chi connectivity index (χ2n) is 3.71. The second kappa shape index (κ2) is 5.46. The van der Waals surface area contributed by atoms with E-state index in [0.29, 0.717) is 14.3 Å². The standard InChI is InChI=1S/C13H8BrF3OS/c14-9-7-8(13(15,16)17)5-6-11(9)19-12-4-2-1-3-10(12)18/h1-7,18H. The van der Waals surface area contributed by atoms with Crippen molar-refractivity contribution in [3.63, 3.8) is 0 Å². The minimum atomic E-state index is -4.36. The summed E-state index contributed by atoms with van der Waals surface area (Å²) in [5, 5.41) is 9.63. The van der Waals surface area contributed by atoms with Crippen LogP contribution in [0.5, 0.6) is 5.75 Å². The molecule has 0 saturated carbocycles. The summed E-state index contributed by atoms with van der Waals surface area (Å²) in [7, 11) is 0. The first-order chi connectivity index (χ1) is 8.88. The van der Waals surface area contributed by atoms with E-state index in [0.717, 1.165) is 12.1 Å². The van der Waals surface area contributed by atoms with E-state index in [1.165, 1.54) is 23.9 Å². The van der Waals surface area contributed by atoms with Crippen LogP contribution in [0.1, 0.15) is 5.56 Å². The number of phenolic OH excluding ortho intramolecular Hbond substituents is 1. The summed E-state index contributed by atoms with van der Waals surface area (Å²) < 4.78 is 37.9. The molecule has 2 aromatic rings. The molecule has 0 spiro atoms. The van der Waals surface area contributed by atoms with Gasteiger partial charge >= 0.3 is 6.18 Å². The molecule has 0 aliphatic heterocycles. The van der Waals surface area contributed by atoms with Crippen LogP contribution in [-0.2, 0) is 6.18 Å². The van der Waals surface area contributed by atoms with Crippen molar-refractivity contribution >= 4 is 27.7 Å². The van der Waals surface area contributed by atoms with Gasteiger partial charge in [-0.05, 0) is 46.3 Å². The molecule has 6 heteroatoms. The fourth-order valence-corrected chi connectivity index (χ4v) is 2.89. The number of aromatic hydroxyl groups is 1. The normalized spacial score (nSPS) is 11.6. The zero-order valence-electron chi connectivity index (χ0n) is 9.41. The summed E-state index contributed by atoms with van der Waals surface area (Å²) >= 11 is 4.32. The molecule has 19 heavy (non-hydrogen) atoms. The summed E-state index contributed by atoms with van der Waals surface area (Å²) in [5.74, 6) is 0.0966. The first-order valence-electron chi connectivity index (χ1n) is 5.20. The maximum absolute atomic E-state index is 12.5. The van der Waals surface area contributed by atoms with Crippen LogP contribution >= 0.6 is 27.7 Å². The predicted molar refractivity (Wildman–Crippen MR) is 71.4 cm³/mol. The Labute approximate surface area is 120 Å². The molecule has 0 heterocycles. The van der Waals surface area contributed by atoms with E-state index >= 15 is 0 Å². The highest BCUT2D eigenvalue weighted by Gasteiger charge is 2.30. The molecule has 0 aliphatic rings. The molecule has 0 radical (unpaired) electrons. The molecule has 0 atom stereocenters. The number of benzene rings is 2. The number of rotatable bonds is 2. The van der Waals surface area contributed by atoms with E-state index in [9.17, 15) is 18.3 Å². The second-order valence-corrected chi connectivity index (χ2v) is 5.65. The van der Waals surface area contributed by atoms with E-state index < -0.39 is 11.7 Å². The summed E-state index contributed by atoms with van der Waals surface area (Å²) in [6, 6.07) is 10.1. The average molecular weight is 349 g/mol. The predicted octanol–water partition coefficient (Wildman–Crippen LogP) is 5.32. The number of hydrogen-bond donors (Lipinski definition) is 1. The van der Waals surface area contributed by atoms with Crippen LogP contribution in [0.15, 0.2) is 56.7 Å². The Morgan fingerprint density at radius 3 is 2.26 bits per heavy atom. The van der Waals surface area contributed by atoms with Crippen molar-refractivity contribution in [1.82, 2.24) is 0 Å². The highest BCUT2D eigenvalue weighted by molar-refractivity contribution is 9.10. The Morgan fingerprint density at radius 2 is 1.68 bits per heavy atom. The Hall–Kier alpha value is -1.14. The lowest BCUT2D eigenvalue weighted by molar-refractivity contribution is -0.137. The molecule has 2 aromatic carbocycles. The summed E-state index contributed by atoms with van der Waals surface area (Å²) in [6.45, 7) is 0. The Kier molecular flexibility index (Phi) is 4.10. The number of alkyl halides is 3. The van der Waals surface area contributed by atoms with Crippen LogP contribution in [0.4, 0.5) is 13.2 Å². The van der Waals surface area contributed by atoms with Crippen LogP contribution in [0, 0.1) is 0 Å². The quantitative estimate of drug-likeness (QED) is 0.791. The van der Waals surface area contributed by atoms with Gasteiger partial charge in [0.25, 0.3) is 0 Å². The lowest BCUT2D eigenvalue weighted by atomic mass is 10.2. The van der Waals surface area contributed by atoms with Crippen LogP contribution in [0.2, 0.25) is 0 Å². The van der Waals surface area contributed by atoms with Crippen LogP contribution in [0.3, 0.4) is 0 Å². The molecule has 100 valence electrons. The molecule has 2 rings (SSSR count). The molecular formula is C13H8BrF3OS. The highest BCUT2D eigenvalue weighted by Crippen LogP contribution is 2.40. The third-order valence-corrected chi connectivity index (χ3v) is 4.40. The SMILES string of the molecule is Oc1ccccc1Sc1ccc(C(F)(F)F)cc1Br. The van der Waals surface area contributed by atoms with E-state index in [-0.39, 0.29) is 5.75 Å². The molecule has 1 N–H and O–H groups in total. The topological polar surface area (TPSA) is 20.2 Å². The summed E-state index contributed by atoms with van der Waals surface area (Å²) in [4.78, 5) is 1.19. The van der Waals surface area contributed by atoms with Gasteiger partial charge in [0, 0.05) is 9.37 Å². The first-order valence-corrected chi connectivity index (χ1v) is 6.81. The molecular weight excluding hydrogens is 341 g/mol. The maximum atomic E-state index is 12.5. The number of para-hydroxylation sites is 1. The zero-order chi connectivity index (χ0) is 14.0. The molecule has 0 unspecified atom stereocenters. The minimum Gasteiger partial charge on any atom is -0.507 e. The van der Waals surface area contributed by atoms with Gasteiger partial charge < -0.3 is 5.11 Å². The maximum Gasteiger partial charge on any atom is 0.416 e. The Balaban J connectivity index is 2.30. The number of hydrogen-bond acceptors (Lipinski definition) is 2. The van der Waals surface area contributed by atoms with Crippen molar-refractivity contribution in [2.24, 2.45) is 0 Å². The minimum absolute atomic E-state index is 0.0966. The van der Waals surface area contributed by atoms with Gasteiger partial charge in [0.1, 0.15) is 5.75 Å². The molecule has 0 saturated heterocycles. The van der Waals surface area contributed by atoms with Gasteiger partial charge in [-0.25, -0.2) is 0 Å². The molecule has 0 fully saturated rings. The molecule has 0 aromatic heterocycles. The summed E-state index contributed by atoms with van der Waals surface area (Å²) in [5.41, 5.74) is -0.707. The number of phenols is 1. The van der Waals surface area contributed by atoms with Gasteiger partial charge in [-0.3, -0.25) is 0 Å². The van der Waals surface area contributed by atoms with Crippen molar-refractivity contribution in [2.45, 2.75) is 16.0 Å². The van der Waals surface area contributed by atoms with E-state index in [2.05, 4.69) is 15.9 Å². The lowest BCUT2D eigenvalue weighted by Gasteiger charge is -2.10. The third-order valence-electron chi connectivity index (χ3n) is 2.34. The van der Waals surface area contributed by atoms with Gasteiger partial charge in [0.2, 0.25) is 0 Å². The fourth-order valence-electron chi connectivity index (χ4n) is 1.42. The summed E-state index contributed by atoms with van der Waals surface area (Å²) in [6.07, 6.45) is -4.36. The van der Waals surface area contributed by atoms with Gasteiger partial charge in [-0.15, -0.1) is 0 Å². The van der Waals surface area contributed by atoms with Crippen molar-refractivity contribution in [2.75, 3.05) is 0 Å². The molecule has 1 nitrogen and oxygen atoms in total. The van der Waals surface area contributed by atoms with E-state index in [4.69, 9.17) is 0 Å². The van der Waals surface area contributed by atoms with Crippen molar-refractivity contribution < 1.29 is 18.3 Å². The van der Waals surface area contributed by atoms with Crippen molar-refractivity contribution in [3.05, 3.63) is 52.5 Å². The van der Waals surface area contributed by atoms with E-state index in [1.807, 2.05) is 0 Å². The average Bonchev–Trinajstić information content (AvgIpc) is 2.33. The van der Waals surface area contributed by atoms with Gasteiger partial charge in [0.15, 0.2) is 0 Å². The van der Waals surface area contributed by atoms with E-state index in [1.54, 1.807) is 18.2 Å². The van der Waals surface area contributed by atoms with Crippen LogP contribution < -0.4 is 0 Å². The zero-order valence-corrected chi connectivity index (χ0v) is 11.8. The van der Waals surface area contributed by atoms with Gasteiger partial charge in [-0.1, -0.05) is 23.9 Å². The molecule has 0 amide bonds. The first kappa shape index (κ1) is 14.3. The fraction of sp³-hybridized carbons (Fsp3) is 0.0769. The largest absolute Gasteiger partial charge is 0.507 e. The Bertz CT molecular complexity index is 599. The van der Waals surface area contributed by atoms with Crippen LogP contribution in [-0.4, -0.2) is 5.11 Å². The molecule has 0 bridgehead atoms. The van der Waals surface area contributed by atoms with Crippen LogP contribution in [0.25, 0.3) is 0 Å². The smallest absolute Gasteiger partial charge is 0.416 e. The lowest BCUT2D eigenvalue weighted by Crippen LogP contribution is -2.04. The number of halogens is 4. The molecule has 0 aliphatic carbocycles. The third kappa shape index (κ3) is 3.45. The van der Waals surface area contributed by atoms with Gasteiger partial charge in [0.05, 0.1) is 10.5 Å².